The van der Waals surface area contributed by atoms with E-state index in [1.165, 1.54) is 27.8 Å². The Morgan fingerprint density at radius 3 is 1.81 bits per heavy atom. The zero-order chi connectivity index (χ0) is 16.2. The summed E-state index contributed by atoms with van der Waals surface area (Å²) in [5.74, 6) is 0.383. The molecule has 0 nitrogen and oxygen atoms in total. The van der Waals surface area contributed by atoms with Crippen LogP contribution in [0.15, 0.2) is 69.1 Å². The van der Waals surface area contributed by atoms with Crippen molar-refractivity contribution in [2.75, 3.05) is 0 Å². The van der Waals surface area contributed by atoms with Crippen LogP contribution in [0, 0.1) is 5.41 Å². The minimum atomic E-state index is 0. The maximum Gasteiger partial charge on any atom is 2.00 e. The molecule has 2 aliphatic carbocycles. The molecular formula is C21H18Br2Cl2Zr. The number of hydrogen-bond donors (Lipinski definition) is 0. The second kappa shape index (κ2) is 9.23. The van der Waals surface area contributed by atoms with Gasteiger partial charge in [-0.3, -0.25) is 0 Å². The van der Waals surface area contributed by atoms with Crippen LogP contribution in [0.4, 0.5) is 0 Å². The van der Waals surface area contributed by atoms with E-state index < -0.39 is 0 Å². The fourth-order valence-electron chi connectivity index (χ4n) is 4.09. The van der Waals surface area contributed by atoms with Gasteiger partial charge in [0.2, 0.25) is 0 Å². The number of rotatable bonds is 2. The largest absolute Gasteiger partial charge is 2.00 e. The van der Waals surface area contributed by atoms with Crippen molar-refractivity contribution in [3.63, 3.8) is 0 Å². The molecular weight excluding hydrogens is 574 g/mol. The van der Waals surface area contributed by atoms with Gasteiger partial charge in [-0.25, -0.2) is 0 Å². The van der Waals surface area contributed by atoms with Crippen LogP contribution >= 0.6 is 31.9 Å². The summed E-state index contributed by atoms with van der Waals surface area (Å²) in [6, 6.07) is 13.4. The minimum Gasteiger partial charge on any atom is -1.00 e. The summed E-state index contributed by atoms with van der Waals surface area (Å²) in [7, 11) is 0. The molecule has 0 saturated heterocycles. The van der Waals surface area contributed by atoms with Crippen molar-refractivity contribution >= 4 is 31.9 Å². The molecule has 0 aromatic heterocycles. The average molecular weight is 592 g/mol. The standard InChI is InChI=1S/C21H18Br2.2ClH.Zr/c1-21(2,13-5-3-4-6-13)20-18-11-14(22)7-9-16(18)17-10-8-15(23)12-19(17)20;;;/h3-5,7-12,20H,6H2,1-2H3;2*1H;/q;;;+2/p-2. The van der Waals surface area contributed by atoms with E-state index in [0.29, 0.717) is 5.92 Å². The average Bonchev–Trinajstić information content (AvgIpc) is 3.12. The van der Waals surface area contributed by atoms with Crippen molar-refractivity contribution in [2.45, 2.75) is 26.2 Å². The van der Waals surface area contributed by atoms with Gasteiger partial charge in [0.1, 0.15) is 0 Å². The van der Waals surface area contributed by atoms with Crippen molar-refractivity contribution in [1.29, 1.82) is 0 Å². The third-order valence-corrected chi connectivity index (χ3v) is 6.25. The molecule has 2 aromatic carbocycles. The van der Waals surface area contributed by atoms with Gasteiger partial charge in [0, 0.05) is 14.9 Å². The molecule has 0 amide bonds. The molecule has 0 saturated carbocycles. The van der Waals surface area contributed by atoms with Gasteiger partial charge < -0.3 is 24.8 Å². The van der Waals surface area contributed by atoms with Crippen molar-refractivity contribution in [2.24, 2.45) is 5.41 Å². The maximum atomic E-state index is 3.67. The Morgan fingerprint density at radius 2 is 1.38 bits per heavy atom. The van der Waals surface area contributed by atoms with Crippen LogP contribution in [-0.4, -0.2) is 0 Å². The number of halogens is 4. The minimum absolute atomic E-state index is 0. The van der Waals surface area contributed by atoms with Crippen LogP contribution in [0.25, 0.3) is 11.1 Å². The Hall–Kier alpha value is 0.343. The van der Waals surface area contributed by atoms with E-state index in [1.54, 1.807) is 0 Å². The van der Waals surface area contributed by atoms with Crippen LogP contribution in [-0.2, 0) is 26.2 Å². The zero-order valence-electron chi connectivity index (χ0n) is 14.5. The number of allylic oxidation sites excluding steroid dienone is 4. The number of hydrogen-bond acceptors (Lipinski definition) is 0. The van der Waals surface area contributed by atoms with Crippen molar-refractivity contribution in [3.8, 4) is 11.1 Å². The molecule has 2 aliphatic rings. The van der Waals surface area contributed by atoms with E-state index >= 15 is 0 Å². The molecule has 0 spiro atoms. The van der Waals surface area contributed by atoms with E-state index in [1.807, 2.05) is 0 Å². The van der Waals surface area contributed by atoms with Gasteiger partial charge in [0.05, 0.1) is 0 Å². The summed E-state index contributed by atoms with van der Waals surface area (Å²) in [5.41, 5.74) is 7.22. The van der Waals surface area contributed by atoms with Crippen LogP contribution in [0.2, 0.25) is 0 Å². The smallest absolute Gasteiger partial charge is 1.00 e. The van der Waals surface area contributed by atoms with Crippen LogP contribution in [0.5, 0.6) is 0 Å². The van der Waals surface area contributed by atoms with E-state index in [0.717, 1.165) is 15.4 Å². The second-order valence-electron chi connectivity index (χ2n) is 6.94. The number of fused-ring (bicyclic) bond motifs is 3. The molecule has 0 fully saturated rings. The van der Waals surface area contributed by atoms with Crippen LogP contribution in [0.1, 0.15) is 37.3 Å². The Balaban J connectivity index is 0.00000113. The molecule has 0 bridgehead atoms. The Morgan fingerprint density at radius 1 is 0.885 bits per heavy atom. The summed E-state index contributed by atoms with van der Waals surface area (Å²) in [6.45, 7) is 4.77. The van der Waals surface area contributed by atoms with Crippen molar-refractivity contribution < 1.29 is 51.0 Å². The van der Waals surface area contributed by atoms with E-state index in [4.69, 9.17) is 0 Å². The Labute approximate surface area is 204 Å². The van der Waals surface area contributed by atoms with Crippen molar-refractivity contribution in [1.82, 2.24) is 0 Å². The first kappa shape index (κ1) is 24.4. The molecule has 0 atom stereocenters. The number of benzene rings is 2. The van der Waals surface area contributed by atoms with Crippen LogP contribution < -0.4 is 24.8 Å². The molecule has 0 aliphatic heterocycles. The third kappa shape index (κ3) is 4.03. The van der Waals surface area contributed by atoms with Gasteiger partial charge in [0.25, 0.3) is 0 Å². The van der Waals surface area contributed by atoms with E-state index in [2.05, 4.69) is 100 Å². The van der Waals surface area contributed by atoms with Gasteiger partial charge in [-0.05, 0) is 58.4 Å². The predicted molar refractivity (Wildman–Crippen MR) is 105 cm³/mol. The molecule has 4 rings (SSSR count). The quantitative estimate of drug-likeness (QED) is 0.493. The molecule has 134 valence electrons. The first-order chi connectivity index (χ1) is 11.0. The topological polar surface area (TPSA) is 0 Å². The molecule has 5 heteroatoms. The molecule has 0 radical (unpaired) electrons. The maximum absolute atomic E-state index is 3.67. The SMILES string of the molecule is CC(C)(C1=CC=CC1)C1c2cc(Br)ccc2-c2ccc(Br)cc21.[Cl-].[Cl-].[Zr+2]. The van der Waals surface area contributed by atoms with Gasteiger partial charge in [-0.2, -0.15) is 0 Å². The third-order valence-electron chi connectivity index (χ3n) is 5.26. The monoisotopic (exact) mass is 588 g/mol. The fourth-order valence-corrected chi connectivity index (χ4v) is 4.85. The summed E-state index contributed by atoms with van der Waals surface area (Å²) < 4.78 is 2.31. The molecule has 0 unspecified atom stereocenters. The molecule has 2 aromatic rings. The first-order valence-electron chi connectivity index (χ1n) is 7.94. The van der Waals surface area contributed by atoms with Crippen molar-refractivity contribution in [3.05, 3.63) is 80.3 Å². The van der Waals surface area contributed by atoms with Gasteiger partial charge in [0.15, 0.2) is 0 Å². The summed E-state index contributed by atoms with van der Waals surface area (Å²) >= 11 is 7.33. The molecule has 0 N–H and O–H groups in total. The van der Waals surface area contributed by atoms with Gasteiger partial charge in [-0.15, -0.1) is 0 Å². The zero-order valence-corrected chi connectivity index (χ0v) is 21.6. The molecule has 26 heavy (non-hydrogen) atoms. The Kier molecular flexibility index (Phi) is 8.65. The summed E-state index contributed by atoms with van der Waals surface area (Å²) in [5, 5.41) is 0. The van der Waals surface area contributed by atoms with Gasteiger partial charge in [-0.1, -0.05) is 81.6 Å². The van der Waals surface area contributed by atoms with E-state index in [9.17, 15) is 0 Å². The fraction of sp³-hybridized carbons (Fsp3) is 0.238. The molecule has 0 heterocycles. The normalized spacial score (nSPS) is 14.5. The first-order valence-corrected chi connectivity index (χ1v) is 9.52. The second-order valence-corrected chi connectivity index (χ2v) is 8.77. The Bertz CT molecular complexity index is 821. The summed E-state index contributed by atoms with van der Waals surface area (Å²) in [4.78, 5) is 0. The predicted octanol–water partition coefficient (Wildman–Crippen LogP) is 1.24. The van der Waals surface area contributed by atoms with Crippen LogP contribution in [0.3, 0.4) is 0 Å². The summed E-state index contributed by atoms with van der Waals surface area (Å²) in [6.07, 6.45) is 7.81. The van der Waals surface area contributed by atoms with Gasteiger partial charge >= 0.3 is 26.2 Å². The van der Waals surface area contributed by atoms with E-state index in [-0.39, 0.29) is 56.4 Å².